The normalized spacial score (nSPS) is 10.6. The van der Waals surface area contributed by atoms with E-state index in [0.29, 0.717) is 17.5 Å². The van der Waals surface area contributed by atoms with Gasteiger partial charge in [0, 0.05) is 11.6 Å². The molecule has 0 aliphatic heterocycles. The van der Waals surface area contributed by atoms with Crippen molar-refractivity contribution in [3.63, 3.8) is 0 Å². The van der Waals surface area contributed by atoms with Crippen molar-refractivity contribution in [2.75, 3.05) is 0 Å². The van der Waals surface area contributed by atoms with Crippen molar-refractivity contribution in [2.45, 2.75) is 6.42 Å². The number of nitrogens with zero attached hydrogens (tertiary/aromatic N) is 1. The lowest BCUT2D eigenvalue weighted by Crippen LogP contribution is -2.17. The van der Waals surface area contributed by atoms with Gasteiger partial charge in [-0.05, 0) is 30.2 Å². The van der Waals surface area contributed by atoms with Crippen LogP contribution in [-0.2, 0) is 6.42 Å². The minimum Gasteiger partial charge on any atom is -0.508 e. The van der Waals surface area contributed by atoms with Gasteiger partial charge in [-0.15, -0.1) is 6.58 Å². The van der Waals surface area contributed by atoms with Gasteiger partial charge in [0.1, 0.15) is 17.2 Å². The van der Waals surface area contributed by atoms with Crippen molar-refractivity contribution < 1.29 is 20.1 Å². The Balaban J connectivity index is 2.11. The number of aromatic hydroxyl groups is 3. The minimum absolute atomic E-state index is 0.0235. The third-order valence-electron chi connectivity index (χ3n) is 3.11. The molecule has 1 amide bonds. The first-order chi connectivity index (χ1) is 11.0. The molecule has 0 unspecified atom stereocenters. The first kappa shape index (κ1) is 16.1. The molecule has 0 aliphatic carbocycles. The maximum Gasteiger partial charge on any atom is 0.275 e. The first-order valence-electron chi connectivity index (χ1n) is 6.80. The number of phenolic OH excluding ortho intramolecular Hbond substituents is 3. The number of nitrogens with one attached hydrogen (secondary N) is 1. The lowest BCUT2D eigenvalue weighted by molar-refractivity contribution is 0.0952. The zero-order valence-corrected chi connectivity index (χ0v) is 12.2. The van der Waals surface area contributed by atoms with Crippen LogP contribution in [0.3, 0.4) is 0 Å². The molecule has 0 aliphatic rings. The summed E-state index contributed by atoms with van der Waals surface area (Å²) in [5.41, 5.74) is 3.36. The average Bonchev–Trinajstić information content (AvgIpc) is 2.51. The molecule has 23 heavy (non-hydrogen) atoms. The Kier molecular flexibility index (Phi) is 4.99. The number of carbonyl (C=O) groups is 1. The molecule has 6 heteroatoms. The zero-order chi connectivity index (χ0) is 16.8. The summed E-state index contributed by atoms with van der Waals surface area (Å²) in [5.74, 6) is -1.07. The quantitative estimate of drug-likeness (QED) is 0.386. The summed E-state index contributed by atoms with van der Waals surface area (Å²) in [6, 6.07) is 8.79. The van der Waals surface area contributed by atoms with Crippen LogP contribution in [0.2, 0.25) is 0 Å². The Morgan fingerprint density at radius 2 is 2.00 bits per heavy atom. The van der Waals surface area contributed by atoms with Crippen molar-refractivity contribution in [3.8, 4) is 17.2 Å². The highest BCUT2D eigenvalue weighted by Crippen LogP contribution is 2.23. The van der Waals surface area contributed by atoms with E-state index in [2.05, 4.69) is 17.1 Å². The number of para-hydroxylation sites is 1. The van der Waals surface area contributed by atoms with Crippen molar-refractivity contribution >= 4 is 12.1 Å². The van der Waals surface area contributed by atoms with Gasteiger partial charge in [-0.2, -0.15) is 5.10 Å². The SMILES string of the molecule is C=CCc1cccc(/C=N/NC(=O)c2ccc(O)cc2O)c1O. The Bertz CT molecular complexity index is 769. The van der Waals surface area contributed by atoms with E-state index in [1.165, 1.54) is 18.3 Å². The molecule has 4 N–H and O–H groups in total. The number of carbonyl (C=O) groups excluding carboxylic acids is 1. The largest absolute Gasteiger partial charge is 0.508 e. The fourth-order valence-electron chi connectivity index (χ4n) is 1.97. The van der Waals surface area contributed by atoms with Gasteiger partial charge < -0.3 is 15.3 Å². The second kappa shape index (κ2) is 7.13. The van der Waals surface area contributed by atoms with Gasteiger partial charge in [0.25, 0.3) is 5.91 Å². The molecular formula is C17H16N2O4. The standard InChI is InChI=1S/C17H16N2O4/c1-2-4-11-5-3-6-12(16(11)22)10-18-19-17(23)14-8-7-13(20)9-15(14)21/h2-3,5-10,20-22H,1,4H2,(H,19,23)/b18-10+. The van der Waals surface area contributed by atoms with E-state index in [4.69, 9.17) is 0 Å². The molecule has 0 radical (unpaired) electrons. The van der Waals surface area contributed by atoms with Crippen LogP contribution in [-0.4, -0.2) is 27.4 Å². The summed E-state index contributed by atoms with van der Waals surface area (Å²) in [5, 5.41) is 32.6. The van der Waals surface area contributed by atoms with E-state index in [-0.39, 0.29) is 22.8 Å². The lowest BCUT2D eigenvalue weighted by atomic mass is 10.1. The minimum atomic E-state index is -0.638. The number of phenols is 3. The van der Waals surface area contributed by atoms with Crippen molar-refractivity contribution in [2.24, 2.45) is 5.10 Å². The van der Waals surface area contributed by atoms with Crippen LogP contribution >= 0.6 is 0 Å². The highest BCUT2D eigenvalue weighted by molar-refractivity contribution is 5.97. The Morgan fingerprint density at radius 3 is 2.70 bits per heavy atom. The molecule has 0 heterocycles. The van der Waals surface area contributed by atoms with E-state index >= 15 is 0 Å². The van der Waals surface area contributed by atoms with Crippen molar-refractivity contribution in [3.05, 3.63) is 65.7 Å². The third-order valence-corrected chi connectivity index (χ3v) is 3.11. The summed E-state index contributed by atoms with van der Waals surface area (Å²) in [6.07, 6.45) is 3.49. The van der Waals surface area contributed by atoms with Gasteiger partial charge in [0.2, 0.25) is 0 Å². The van der Waals surface area contributed by atoms with Crippen LogP contribution in [0, 0.1) is 0 Å². The van der Waals surface area contributed by atoms with Crippen LogP contribution < -0.4 is 5.43 Å². The van der Waals surface area contributed by atoms with Crippen LogP contribution in [0.15, 0.2) is 54.2 Å². The maximum absolute atomic E-state index is 11.9. The molecule has 0 atom stereocenters. The molecular weight excluding hydrogens is 296 g/mol. The van der Waals surface area contributed by atoms with Crippen LogP contribution in [0.5, 0.6) is 17.2 Å². The van der Waals surface area contributed by atoms with Gasteiger partial charge >= 0.3 is 0 Å². The molecule has 0 saturated heterocycles. The summed E-state index contributed by atoms with van der Waals surface area (Å²) < 4.78 is 0. The van der Waals surface area contributed by atoms with E-state index < -0.39 is 5.91 Å². The van der Waals surface area contributed by atoms with E-state index in [9.17, 15) is 20.1 Å². The molecule has 2 rings (SSSR count). The second-order valence-corrected chi connectivity index (χ2v) is 4.75. The zero-order valence-electron chi connectivity index (χ0n) is 12.2. The van der Waals surface area contributed by atoms with Crippen molar-refractivity contribution in [1.29, 1.82) is 0 Å². The molecule has 0 saturated carbocycles. The average molecular weight is 312 g/mol. The molecule has 0 bridgehead atoms. The van der Waals surface area contributed by atoms with Gasteiger partial charge in [-0.1, -0.05) is 18.2 Å². The Hall–Kier alpha value is -3.28. The van der Waals surface area contributed by atoms with Crippen molar-refractivity contribution in [1.82, 2.24) is 5.43 Å². The van der Waals surface area contributed by atoms with Crippen LogP contribution in [0.4, 0.5) is 0 Å². The fraction of sp³-hybridized carbons (Fsp3) is 0.0588. The fourth-order valence-corrected chi connectivity index (χ4v) is 1.97. The molecule has 2 aromatic rings. The smallest absolute Gasteiger partial charge is 0.275 e. The summed E-state index contributed by atoms with van der Waals surface area (Å²) in [7, 11) is 0. The summed E-state index contributed by atoms with van der Waals surface area (Å²) in [6.45, 7) is 3.62. The number of rotatable bonds is 5. The molecule has 0 fully saturated rings. The monoisotopic (exact) mass is 312 g/mol. The van der Waals surface area contributed by atoms with Gasteiger partial charge in [0.15, 0.2) is 0 Å². The van der Waals surface area contributed by atoms with Gasteiger partial charge in [-0.25, -0.2) is 5.43 Å². The maximum atomic E-state index is 11.9. The predicted octanol–water partition coefficient (Wildman–Crippen LogP) is 2.30. The first-order valence-corrected chi connectivity index (χ1v) is 6.80. The van der Waals surface area contributed by atoms with Crippen LogP contribution in [0.1, 0.15) is 21.5 Å². The second-order valence-electron chi connectivity index (χ2n) is 4.75. The molecule has 2 aromatic carbocycles. The lowest BCUT2D eigenvalue weighted by Gasteiger charge is -2.05. The predicted molar refractivity (Wildman–Crippen MR) is 86.8 cm³/mol. The number of hydrogen-bond acceptors (Lipinski definition) is 5. The summed E-state index contributed by atoms with van der Waals surface area (Å²) >= 11 is 0. The third kappa shape index (κ3) is 3.88. The van der Waals surface area contributed by atoms with E-state index in [0.717, 1.165) is 6.07 Å². The number of benzene rings is 2. The summed E-state index contributed by atoms with van der Waals surface area (Å²) in [4.78, 5) is 11.9. The molecule has 6 nitrogen and oxygen atoms in total. The highest BCUT2D eigenvalue weighted by Gasteiger charge is 2.10. The number of allylic oxidation sites excluding steroid dienone is 1. The Morgan fingerprint density at radius 1 is 1.22 bits per heavy atom. The van der Waals surface area contributed by atoms with Gasteiger partial charge in [0.05, 0.1) is 11.8 Å². The van der Waals surface area contributed by atoms with E-state index in [1.807, 2.05) is 0 Å². The molecule has 0 spiro atoms. The Labute approximate surface area is 133 Å². The number of hydrazone groups is 1. The van der Waals surface area contributed by atoms with E-state index in [1.54, 1.807) is 24.3 Å². The topological polar surface area (TPSA) is 102 Å². The molecule has 0 aromatic heterocycles. The number of hydrogen-bond donors (Lipinski definition) is 4. The molecule has 118 valence electrons. The highest BCUT2D eigenvalue weighted by atomic mass is 16.3. The van der Waals surface area contributed by atoms with Crippen LogP contribution in [0.25, 0.3) is 0 Å². The number of amides is 1. The van der Waals surface area contributed by atoms with Gasteiger partial charge in [-0.3, -0.25) is 4.79 Å².